The van der Waals surface area contributed by atoms with Crippen LogP contribution < -0.4 is 10.6 Å². The van der Waals surface area contributed by atoms with Gasteiger partial charge in [-0.3, -0.25) is 4.79 Å². The van der Waals surface area contributed by atoms with Crippen LogP contribution in [0.1, 0.15) is 17.5 Å². The molecule has 96 valence electrons. The van der Waals surface area contributed by atoms with Crippen LogP contribution >= 0.6 is 0 Å². The monoisotopic (exact) mass is 253 g/mol. The Labute approximate surface area is 111 Å². The highest BCUT2D eigenvalue weighted by Crippen LogP contribution is 2.28. The standard InChI is InChI=1S/C15H15N3O/c16-14-7-5-11(9-17-14)10-18-13-4-2-1-3-12(13)6-8-15(18)19/h1-5,7,9H,6,8,10H2,(H2,16,17). The molecule has 0 saturated heterocycles. The molecule has 0 spiro atoms. The smallest absolute Gasteiger partial charge is 0.227 e. The van der Waals surface area contributed by atoms with Crippen LogP contribution in [-0.4, -0.2) is 10.9 Å². The van der Waals surface area contributed by atoms with Crippen LogP contribution in [0.4, 0.5) is 11.5 Å². The number of benzene rings is 1. The summed E-state index contributed by atoms with van der Waals surface area (Å²) in [7, 11) is 0. The van der Waals surface area contributed by atoms with Gasteiger partial charge in [-0.05, 0) is 29.7 Å². The summed E-state index contributed by atoms with van der Waals surface area (Å²) in [6, 6.07) is 11.7. The van der Waals surface area contributed by atoms with Crippen molar-refractivity contribution in [2.24, 2.45) is 0 Å². The number of fused-ring (bicyclic) bond motifs is 1. The molecular weight excluding hydrogens is 238 g/mol. The maximum Gasteiger partial charge on any atom is 0.227 e. The number of aryl methyl sites for hydroxylation is 1. The van der Waals surface area contributed by atoms with Crippen LogP contribution in [-0.2, 0) is 17.8 Å². The van der Waals surface area contributed by atoms with E-state index in [1.807, 2.05) is 29.2 Å². The molecule has 0 aliphatic carbocycles. The Morgan fingerprint density at radius 3 is 2.79 bits per heavy atom. The zero-order valence-electron chi connectivity index (χ0n) is 10.5. The van der Waals surface area contributed by atoms with Gasteiger partial charge in [-0.1, -0.05) is 24.3 Å². The number of amides is 1. The summed E-state index contributed by atoms with van der Waals surface area (Å²) < 4.78 is 0. The van der Waals surface area contributed by atoms with E-state index in [0.717, 1.165) is 17.7 Å². The molecule has 0 bridgehead atoms. The number of hydrogen-bond acceptors (Lipinski definition) is 3. The van der Waals surface area contributed by atoms with E-state index in [2.05, 4.69) is 11.1 Å². The molecule has 1 aliphatic rings. The lowest BCUT2D eigenvalue weighted by Gasteiger charge is -2.29. The molecule has 0 saturated carbocycles. The zero-order valence-corrected chi connectivity index (χ0v) is 10.5. The van der Waals surface area contributed by atoms with Gasteiger partial charge in [0.2, 0.25) is 5.91 Å². The molecule has 0 atom stereocenters. The number of nitrogens with zero attached hydrogens (tertiary/aromatic N) is 2. The van der Waals surface area contributed by atoms with Gasteiger partial charge in [0, 0.05) is 18.3 Å². The second-order valence-electron chi connectivity index (χ2n) is 4.70. The minimum atomic E-state index is 0.163. The van der Waals surface area contributed by atoms with Crippen molar-refractivity contribution in [3.05, 3.63) is 53.7 Å². The fourth-order valence-corrected chi connectivity index (χ4v) is 2.38. The molecule has 4 nitrogen and oxygen atoms in total. The molecule has 3 rings (SSSR count). The van der Waals surface area contributed by atoms with Crippen LogP contribution in [0.2, 0.25) is 0 Å². The van der Waals surface area contributed by atoms with Crippen molar-refractivity contribution in [3.8, 4) is 0 Å². The van der Waals surface area contributed by atoms with Gasteiger partial charge in [0.25, 0.3) is 0 Å². The molecule has 1 amide bonds. The van der Waals surface area contributed by atoms with Crippen LogP contribution in [0.15, 0.2) is 42.6 Å². The van der Waals surface area contributed by atoms with E-state index in [1.54, 1.807) is 12.3 Å². The highest BCUT2D eigenvalue weighted by Gasteiger charge is 2.23. The van der Waals surface area contributed by atoms with Crippen LogP contribution in [0, 0.1) is 0 Å². The summed E-state index contributed by atoms with van der Waals surface area (Å²) in [6.45, 7) is 0.545. The number of nitrogens with two attached hydrogens (primary N) is 1. The van der Waals surface area contributed by atoms with E-state index in [9.17, 15) is 4.79 Å². The lowest BCUT2D eigenvalue weighted by Crippen LogP contribution is -2.34. The number of anilines is 2. The van der Waals surface area contributed by atoms with Crippen molar-refractivity contribution in [2.45, 2.75) is 19.4 Å². The van der Waals surface area contributed by atoms with E-state index in [1.165, 1.54) is 5.56 Å². The molecule has 0 fully saturated rings. The first-order valence-corrected chi connectivity index (χ1v) is 6.33. The molecule has 1 aromatic heterocycles. The molecule has 0 unspecified atom stereocenters. The van der Waals surface area contributed by atoms with E-state index >= 15 is 0 Å². The lowest BCUT2D eigenvalue weighted by molar-refractivity contribution is -0.119. The van der Waals surface area contributed by atoms with Crippen molar-refractivity contribution >= 4 is 17.4 Å². The largest absolute Gasteiger partial charge is 0.384 e. The summed E-state index contributed by atoms with van der Waals surface area (Å²) in [5.41, 5.74) is 8.79. The molecule has 19 heavy (non-hydrogen) atoms. The SMILES string of the molecule is Nc1ccc(CN2C(=O)CCc3ccccc32)cn1. The van der Waals surface area contributed by atoms with Crippen LogP contribution in [0.5, 0.6) is 0 Å². The van der Waals surface area contributed by atoms with Crippen molar-refractivity contribution in [2.75, 3.05) is 10.6 Å². The minimum absolute atomic E-state index is 0.163. The van der Waals surface area contributed by atoms with Gasteiger partial charge in [-0.2, -0.15) is 0 Å². The van der Waals surface area contributed by atoms with E-state index in [0.29, 0.717) is 18.8 Å². The molecule has 0 radical (unpaired) electrons. The maximum absolute atomic E-state index is 12.1. The summed E-state index contributed by atoms with van der Waals surface area (Å²) in [6.07, 6.45) is 3.12. The molecular formula is C15H15N3O. The fraction of sp³-hybridized carbons (Fsp3) is 0.200. The summed E-state index contributed by atoms with van der Waals surface area (Å²) >= 11 is 0. The van der Waals surface area contributed by atoms with Crippen molar-refractivity contribution in [1.29, 1.82) is 0 Å². The van der Waals surface area contributed by atoms with Crippen molar-refractivity contribution in [3.63, 3.8) is 0 Å². The van der Waals surface area contributed by atoms with Crippen molar-refractivity contribution < 1.29 is 4.79 Å². The average molecular weight is 253 g/mol. The third-order valence-electron chi connectivity index (χ3n) is 3.38. The maximum atomic E-state index is 12.1. The molecule has 1 aliphatic heterocycles. The van der Waals surface area contributed by atoms with Gasteiger partial charge in [0.15, 0.2) is 0 Å². The van der Waals surface area contributed by atoms with Crippen molar-refractivity contribution in [1.82, 2.24) is 4.98 Å². The Balaban J connectivity index is 1.91. The first-order valence-electron chi connectivity index (χ1n) is 6.33. The summed E-state index contributed by atoms with van der Waals surface area (Å²) in [4.78, 5) is 18.0. The normalized spacial score (nSPS) is 14.3. The van der Waals surface area contributed by atoms with Gasteiger partial charge >= 0.3 is 0 Å². The highest BCUT2D eigenvalue weighted by molar-refractivity contribution is 5.96. The first-order chi connectivity index (χ1) is 9.24. The number of aromatic nitrogens is 1. The second kappa shape index (κ2) is 4.72. The second-order valence-corrected chi connectivity index (χ2v) is 4.70. The highest BCUT2D eigenvalue weighted by atomic mass is 16.2. The topological polar surface area (TPSA) is 59.2 Å². The Morgan fingerprint density at radius 1 is 1.16 bits per heavy atom. The van der Waals surface area contributed by atoms with E-state index in [4.69, 9.17) is 5.73 Å². The quantitative estimate of drug-likeness (QED) is 0.892. The predicted octanol–water partition coefficient (Wildman–Crippen LogP) is 2.14. The molecule has 4 heteroatoms. The molecule has 2 aromatic rings. The van der Waals surface area contributed by atoms with Crippen LogP contribution in [0.3, 0.4) is 0 Å². The number of carbonyl (C=O) groups is 1. The van der Waals surface area contributed by atoms with Gasteiger partial charge in [0.05, 0.1) is 6.54 Å². The third kappa shape index (κ3) is 2.29. The summed E-state index contributed by atoms with van der Waals surface area (Å²) in [5.74, 6) is 0.657. The number of pyridine rings is 1. The first kappa shape index (κ1) is 11.7. The predicted molar refractivity (Wildman–Crippen MR) is 74.6 cm³/mol. The minimum Gasteiger partial charge on any atom is -0.384 e. The van der Waals surface area contributed by atoms with Gasteiger partial charge in [-0.15, -0.1) is 0 Å². The Bertz CT molecular complexity index is 607. The van der Waals surface area contributed by atoms with Crippen LogP contribution in [0.25, 0.3) is 0 Å². The van der Waals surface area contributed by atoms with E-state index < -0.39 is 0 Å². The van der Waals surface area contributed by atoms with Gasteiger partial charge in [0.1, 0.15) is 5.82 Å². The van der Waals surface area contributed by atoms with Gasteiger partial charge in [-0.25, -0.2) is 4.98 Å². The third-order valence-corrected chi connectivity index (χ3v) is 3.38. The number of rotatable bonds is 2. The Kier molecular flexibility index (Phi) is 2.91. The molecule has 2 N–H and O–H groups in total. The van der Waals surface area contributed by atoms with Gasteiger partial charge < -0.3 is 10.6 Å². The summed E-state index contributed by atoms with van der Waals surface area (Å²) in [5, 5.41) is 0. The lowest BCUT2D eigenvalue weighted by atomic mass is 10.0. The molecule has 1 aromatic carbocycles. The van der Waals surface area contributed by atoms with E-state index in [-0.39, 0.29) is 5.91 Å². The number of hydrogen-bond donors (Lipinski definition) is 1. The number of nitrogen functional groups attached to an aromatic ring is 1. The fourth-order valence-electron chi connectivity index (χ4n) is 2.38. The Hall–Kier alpha value is -2.36. The Morgan fingerprint density at radius 2 is 2.00 bits per heavy atom. The molecule has 2 heterocycles. The average Bonchev–Trinajstić information content (AvgIpc) is 2.44. The zero-order chi connectivity index (χ0) is 13.2. The number of carbonyl (C=O) groups excluding carboxylic acids is 1. The number of para-hydroxylation sites is 1.